The lowest BCUT2D eigenvalue weighted by atomic mass is 10.1. The summed E-state index contributed by atoms with van der Waals surface area (Å²) in [7, 11) is 0. The number of halogens is 1. The summed E-state index contributed by atoms with van der Waals surface area (Å²) < 4.78 is 13.6. The van der Waals surface area contributed by atoms with Crippen LogP contribution in [0.4, 0.5) is 9.18 Å². The van der Waals surface area contributed by atoms with E-state index in [9.17, 15) is 9.18 Å². The second kappa shape index (κ2) is 6.43. The maximum atomic E-state index is 13.6. The molecule has 7 heteroatoms. The van der Waals surface area contributed by atoms with E-state index in [4.69, 9.17) is 10.9 Å². The van der Waals surface area contributed by atoms with Crippen LogP contribution in [0.5, 0.6) is 0 Å². The van der Waals surface area contributed by atoms with Gasteiger partial charge in [-0.15, -0.1) is 0 Å². The van der Waals surface area contributed by atoms with Crippen molar-refractivity contribution in [2.24, 2.45) is 10.9 Å². The number of rotatable bonds is 4. The van der Waals surface area contributed by atoms with Gasteiger partial charge in [-0.3, -0.25) is 0 Å². The first-order valence-electron chi connectivity index (χ1n) is 5.36. The van der Waals surface area contributed by atoms with Crippen LogP contribution in [-0.2, 0) is 6.54 Å². The highest BCUT2D eigenvalue weighted by Crippen LogP contribution is 2.10. The Balaban J connectivity index is 2.71. The van der Waals surface area contributed by atoms with Gasteiger partial charge in [0, 0.05) is 24.2 Å². The van der Waals surface area contributed by atoms with Gasteiger partial charge in [0.05, 0.1) is 0 Å². The summed E-state index contributed by atoms with van der Waals surface area (Å²) >= 11 is 0. The Labute approximate surface area is 104 Å². The molecule has 0 heterocycles. The van der Waals surface area contributed by atoms with E-state index < -0.39 is 5.82 Å². The fourth-order valence-electron chi connectivity index (χ4n) is 1.31. The van der Waals surface area contributed by atoms with Gasteiger partial charge in [0.15, 0.2) is 5.84 Å². The molecular formula is C11H15FN4O2. The number of nitrogens with zero attached hydrogens (tertiary/aromatic N) is 1. The van der Waals surface area contributed by atoms with E-state index in [1.165, 1.54) is 12.1 Å². The molecule has 0 bridgehead atoms. The number of urea groups is 1. The summed E-state index contributed by atoms with van der Waals surface area (Å²) in [6, 6.07) is 3.75. The third-order valence-corrected chi connectivity index (χ3v) is 2.23. The van der Waals surface area contributed by atoms with Crippen LogP contribution in [0, 0.1) is 5.82 Å². The van der Waals surface area contributed by atoms with E-state index in [0.717, 1.165) is 6.07 Å². The molecule has 0 saturated carbocycles. The molecule has 6 nitrogen and oxygen atoms in total. The summed E-state index contributed by atoms with van der Waals surface area (Å²) in [6.45, 7) is 2.34. The minimum Gasteiger partial charge on any atom is -0.409 e. The van der Waals surface area contributed by atoms with Gasteiger partial charge in [-0.1, -0.05) is 17.3 Å². The number of hydrogen-bond acceptors (Lipinski definition) is 3. The topological polar surface area (TPSA) is 99.7 Å². The number of nitrogens with one attached hydrogen (secondary N) is 2. The maximum absolute atomic E-state index is 13.6. The van der Waals surface area contributed by atoms with Crippen LogP contribution in [0.1, 0.15) is 18.1 Å². The van der Waals surface area contributed by atoms with Crippen molar-refractivity contribution in [2.75, 3.05) is 6.54 Å². The average Bonchev–Trinajstić information content (AvgIpc) is 2.36. The predicted molar refractivity (Wildman–Crippen MR) is 64.8 cm³/mol. The van der Waals surface area contributed by atoms with Crippen LogP contribution in [-0.4, -0.2) is 23.6 Å². The van der Waals surface area contributed by atoms with Gasteiger partial charge in [-0.05, 0) is 13.0 Å². The summed E-state index contributed by atoms with van der Waals surface area (Å²) in [6.07, 6.45) is 0. The van der Waals surface area contributed by atoms with Crippen molar-refractivity contribution in [1.82, 2.24) is 10.6 Å². The number of oxime groups is 1. The van der Waals surface area contributed by atoms with Crippen molar-refractivity contribution in [3.63, 3.8) is 0 Å². The van der Waals surface area contributed by atoms with Crippen molar-refractivity contribution >= 4 is 11.9 Å². The molecule has 0 fully saturated rings. The van der Waals surface area contributed by atoms with E-state index in [-0.39, 0.29) is 24.0 Å². The van der Waals surface area contributed by atoms with Crippen molar-refractivity contribution in [3.05, 3.63) is 35.1 Å². The summed E-state index contributed by atoms with van der Waals surface area (Å²) in [5.41, 5.74) is 5.92. The standard InChI is InChI=1S/C11H15FN4O2/c1-2-14-11(17)15-6-8-4-3-7(5-9(8)12)10(13)16-18/h3-5,18H,2,6H2,1H3,(H2,13,16)(H2,14,15,17). The first kappa shape index (κ1) is 13.8. The van der Waals surface area contributed by atoms with Gasteiger partial charge < -0.3 is 21.6 Å². The number of hydrogen-bond donors (Lipinski definition) is 4. The van der Waals surface area contributed by atoms with Crippen LogP contribution in [0.15, 0.2) is 23.4 Å². The normalized spacial score (nSPS) is 11.1. The number of benzene rings is 1. The SMILES string of the molecule is CCNC(=O)NCc1ccc(C(N)=NO)cc1F. The van der Waals surface area contributed by atoms with E-state index >= 15 is 0 Å². The first-order valence-corrected chi connectivity index (χ1v) is 5.36. The summed E-state index contributed by atoms with van der Waals surface area (Å²) in [5, 5.41) is 16.3. The van der Waals surface area contributed by atoms with E-state index in [0.29, 0.717) is 12.1 Å². The third-order valence-electron chi connectivity index (χ3n) is 2.23. The molecule has 0 radical (unpaired) electrons. The van der Waals surface area contributed by atoms with Gasteiger partial charge in [-0.25, -0.2) is 9.18 Å². The van der Waals surface area contributed by atoms with Gasteiger partial charge in [0.2, 0.25) is 0 Å². The van der Waals surface area contributed by atoms with Crippen LogP contribution in [0.25, 0.3) is 0 Å². The molecule has 0 aliphatic rings. The minimum absolute atomic E-state index is 0.0636. The molecule has 0 saturated heterocycles. The molecule has 5 N–H and O–H groups in total. The average molecular weight is 254 g/mol. The molecule has 1 aromatic carbocycles. The van der Waals surface area contributed by atoms with Gasteiger partial charge in [0.1, 0.15) is 5.82 Å². The van der Waals surface area contributed by atoms with Crippen molar-refractivity contribution in [1.29, 1.82) is 0 Å². The Morgan fingerprint density at radius 1 is 1.50 bits per heavy atom. The minimum atomic E-state index is -0.532. The zero-order chi connectivity index (χ0) is 13.5. The Bertz CT molecular complexity index is 462. The second-order valence-corrected chi connectivity index (χ2v) is 3.50. The Hall–Kier alpha value is -2.31. The molecule has 1 aromatic rings. The van der Waals surface area contributed by atoms with E-state index in [1.807, 2.05) is 0 Å². The summed E-state index contributed by atoms with van der Waals surface area (Å²) in [5.74, 6) is -0.701. The second-order valence-electron chi connectivity index (χ2n) is 3.50. The number of nitrogens with two attached hydrogens (primary N) is 1. The molecule has 98 valence electrons. The van der Waals surface area contributed by atoms with Crippen LogP contribution >= 0.6 is 0 Å². The fourth-order valence-corrected chi connectivity index (χ4v) is 1.31. The zero-order valence-electron chi connectivity index (χ0n) is 9.90. The maximum Gasteiger partial charge on any atom is 0.315 e. The molecule has 1 rings (SSSR count). The number of amidine groups is 1. The van der Waals surface area contributed by atoms with Gasteiger partial charge in [0.25, 0.3) is 0 Å². The molecule has 0 aliphatic carbocycles. The lowest BCUT2D eigenvalue weighted by Crippen LogP contribution is -2.34. The lowest BCUT2D eigenvalue weighted by Gasteiger charge is -2.08. The Morgan fingerprint density at radius 3 is 2.78 bits per heavy atom. The zero-order valence-corrected chi connectivity index (χ0v) is 9.90. The largest absolute Gasteiger partial charge is 0.409 e. The third kappa shape index (κ3) is 3.62. The molecule has 2 amide bonds. The van der Waals surface area contributed by atoms with Crippen molar-refractivity contribution in [3.8, 4) is 0 Å². The highest BCUT2D eigenvalue weighted by molar-refractivity contribution is 5.97. The fraction of sp³-hybridized carbons (Fsp3) is 0.273. The Morgan fingerprint density at radius 2 is 2.22 bits per heavy atom. The smallest absolute Gasteiger partial charge is 0.315 e. The van der Waals surface area contributed by atoms with Gasteiger partial charge in [-0.2, -0.15) is 0 Å². The van der Waals surface area contributed by atoms with E-state index in [2.05, 4.69) is 15.8 Å². The van der Waals surface area contributed by atoms with Crippen molar-refractivity contribution < 1.29 is 14.4 Å². The molecule has 0 spiro atoms. The Kier molecular flexibility index (Phi) is 4.91. The van der Waals surface area contributed by atoms with E-state index in [1.54, 1.807) is 6.92 Å². The van der Waals surface area contributed by atoms with Crippen LogP contribution in [0.3, 0.4) is 0 Å². The number of carbonyl (C=O) groups is 1. The molecule has 0 aromatic heterocycles. The monoisotopic (exact) mass is 254 g/mol. The lowest BCUT2D eigenvalue weighted by molar-refractivity contribution is 0.241. The molecular weight excluding hydrogens is 239 g/mol. The predicted octanol–water partition coefficient (Wildman–Crippen LogP) is 0.739. The summed E-state index contributed by atoms with van der Waals surface area (Å²) in [4.78, 5) is 11.1. The molecule has 0 aliphatic heterocycles. The van der Waals surface area contributed by atoms with Crippen molar-refractivity contribution in [2.45, 2.75) is 13.5 Å². The molecule has 18 heavy (non-hydrogen) atoms. The number of carbonyl (C=O) groups excluding carboxylic acids is 1. The first-order chi connectivity index (χ1) is 8.58. The molecule has 0 unspecified atom stereocenters. The van der Waals surface area contributed by atoms with Crippen LogP contribution < -0.4 is 16.4 Å². The van der Waals surface area contributed by atoms with Gasteiger partial charge >= 0.3 is 6.03 Å². The highest BCUT2D eigenvalue weighted by atomic mass is 19.1. The quantitative estimate of drug-likeness (QED) is 0.276. The number of amides is 2. The highest BCUT2D eigenvalue weighted by Gasteiger charge is 2.07. The molecule has 0 atom stereocenters. The van der Waals surface area contributed by atoms with Crippen LogP contribution in [0.2, 0.25) is 0 Å².